The number of pyridine rings is 1. The third-order valence-corrected chi connectivity index (χ3v) is 4.25. The Morgan fingerprint density at radius 1 is 1.12 bits per heavy atom. The molecule has 1 radical (unpaired) electrons. The molecule has 125 valence electrons. The average molecular weight is 494 g/mol. The van der Waals surface area contributed by atoms with Crippen molar-refractivity contribution in [3.8, 4) is 0 Å². The number of hydrogen-bond acceptors (Lipinski definition) is 1. The number of fused-ring (bicyclic) bond motifs is 6. The summed E-state index contributed by atoms with van der Waals surface area (Å²) in [5, 5.41) is 3.60. The van der Waals surface area contributed by atoms with Crippen molar-refractivity contribution in [1.29, 1.82) is 0 Å². The Morgan fingerprint density at radius 2 is 1.92 bits per heavy atom. The van der Waals surface area contributed by atoms with Crippen LogP contribution in [0.3, 0.4) is 0 Å². The summed E-state index contributed by atoms with van der Waals surface area (Å²) in [5.74, 6) is 0. The molecule has 0 bridgehead atoms. The van der Waals surface area contributed by atoms with Crippen LogP contribution in [0.5, 0.6) is 0 Å². The summed E-state index contributed by atoms with van der Waals surface area (Å²) in [6, 6.07) is 16.2. The molecule has 0 fully saturated rings. The molecule has 0 spiro atoms. The van der Waals surface area contributed by atoms with E-state index < -0.39 is 0 Å². The van der Waals surface area contributed by atoms with Gasteiger partial charge in [0.05, 0.1) is 5.65 Å². The summed E-state index contributed by atoms with van der Waals surface area (Å²) in [6.07, 6.45) is 3.16. The summed E-state index contributed by atoms with van der Waals surface area (Å²) in [4.78, 5) is 4.93. The number of imidazole rings is 1. The smallest absolute Gasteiger partial charge is 0.0612 e. The summed E-state index contributed by atoms with van der Waals surface area (Å²) in [5.41, 5.74) is 4.87. The van der Waals surface area contributed by atoms with Gasteiger partial charge < -0.3 is 4.40 Å². The molecule has 0 atom stereocenters. The molecule has 4 aromatic rings. The largest absolute Gasteiger partial charge is 0.340 e. The molecule has 0 amide bonds. The fraction of sp³-hybridized carbons (Fsp3) is 0.286. The summed E-state index contributed by atoms with van der Waals surface area (Å²) in [6.45, 7) is 8.90. The molecule has 2 aromatic carbocycles. The Bertz CT molecular complexity index is 1040. The van der Waals surface area contributed by atoms with E-state index in [4.69, 9.17) is 4.98 Å². The summed E-state index contributed by atoms with van der Waals surface area (Å²) >= 11 is 0. The molecular formula is C21H21IrN2-. The molecule has 0 unspecified atom stereocenters. The minimum atomic E-state index is 0. The molecule has 0 saturated heterocycles. The molecule has 0 aliphatic rings. The van der Waals surface area contributed by atoms with E-state index in [2.05, 4.69) is 74.7 Å². The molecule has 4 rings (SSSR count). The molecule has 0 aliphatic heterocycles. The van der Waals surface area contributed by atoms with Crippen molar-refractivity contribution >= 4 is 27.3 Å². The van der Waals surface area contributed by atoms with Crippen molar-refractivity contribution in [2.45, 2.75) is 34.1 Å². The van der Waals surface area contributed by atoms with Crippen LogP contribution in [0.1, 0.15) is 32.0 Å². The standard InChI is InChI=1S/C21H21N2.Ir/c1-14-9-10-19-18(11-14)16-7-5-6-8-17(16)20-22-15(13-23(19)20)12-21(2,3)4;/h5-7,9-11,13H,12H2,1-4H3;/q-1;. The van der Waals surface area contributed by atoms with Gasteiger partial charge in [0, 0.05) is 37.5 Å². The van der Waals surface area contributed by atoms with Gasteiger partial charge in [0.25, 0.3) is 0 Å². The van der Waals surface area contributed by atoms with Crippen LogP contribution in [-0.4, -0.2) is 9.38 Å². The second-order valence-corrected chi connectivity index (χ2v) is 7.64. The van der Waals surface area contributed by atoms with E-state index in [-0.39, 0.29) is 25.5 Å². The zero-order valence-electron chi connectivity index (χ0n) is 14.5. The van der Waals surface area contributed by atoms with E-state index in [9.17, 15) is 0 Å². The molecule has 2 heterocycles. The molecule has 24 heavy (non-hydrogen) atoms. The van der Waals surface area contributed by atoms with Gasteiger partial charge in [0.15, 0.2) is 0 Å². The fourth-order valence-corrected chi connectivity index (χ4v) is 3.34. The molecule has 0 aliphatic carbocycles. The van der Waals surface area contributed by atoms with Crippen molar-refractivity contribution in [1.82, 2.24) is 9.38 Å². The van der Waals surface area contributed by atoms with Gasteiger partial charge in [-0.1, -0.05) is 43.9 Å². The SMILES string of the molecule is Cc1ccc2c(c1)c1ccc[c-]c1c1nc(CC(C)(C)C)cn21.[Ir]. The van der Waals surface area contributed by atoms with Crippen molar-refractivity contribution in [3.63, 3.8) is 0 Å². The number of hydrogen-bond donors (Lipinski definition) is 0. The van der Waals surface area contributed by atoms with Gasteiger partial charge in [0.1, 0.15) is 0 Å². The van der Waals surface area contributed by atoms with Crippen molar-refractivity contribution < 1.29 is 20.1 Å². The topological polar surface area (TPSA) is 17.3 Å². The zero-order valence-corrected chi connectivity index (χ0v) is 16.9. The normalized spacial score (nSPS) is 12.0. The first kappa shape index (κ1) is 17.1. The van der Waals surface area contributed by atoms with Crippen LogP contribution in [0.2, 0.25) is 0 Å². The van der Waals surface area contributed by atoms with Gasteiger partial charge in [-0.3, -0.25) is 4.98 Å². The molecule has 2 aromatic heterocycles. The van der Waals surface area contributed by atoms with E-state index in [1.807, 2.05) is 6.07 Å². The Morgan fingerprint density at radius 3 is 2.67 bits per heavy atom. The Kier molecular flexibility index (Phi) is 4.27. The minimum Gasteiger partial charge on any atom is -0.340 e. The van der Waals surface area contributed by atoms with Gasteiger partial charge in [-0.2, -0.15) is 0 Å². The molecule has 3 heteroatoms. The van der Waals surface area contributed by atoms with E-state index in [1.165, 1.54) is 21.9 Å². The number of rotatable bonds is 1. The maximum absolute atomic E-state index is 4.93. The Balaban J connectivity index is 0.00000169. The number of nitrogens with zero attached hydrogens (tertiary/aromatic N) is 2. The predicted molar refractivity (Wildman–Crippen MR) is 96.9 cm³/mol. The molecule has 2 nitrogen and oxygen atoms in total. The number of benzene rings is 2. The van der Waals surface area contributed by atoms with E-state index in [1.54, 1.807) is 0 Å². The summed E-state index contributed by atoms with van der Waals surface area (Å²) in [7, 11) is 0. The van der Waals surface area contributed by atoms with Crippen LogP contribution in [-0.2, 0) is 26.5 Å². The van der Waals surface area contributed by atoms with Crippen molar-refractivity contribution in [2.24, 2.45) is 5.41 Å². The first-order valence-electron chi connectivity index (χ1n) is 8.13. The number of aromatic nitrogens is 2. The van der Waals surface area contributed by atoms with Crippen molar-refractivity contribution in [3.05, 3.63) is 59.9 Å². The van der Waals surface area contributed by atoms with E-state index in [0.717, 1.165) is 23.1 Å². The van der Waals surface area contributed by atoms with E-state index >= 15 is 0 Å². The van der Waals surface area contributed by atoms with Crippen LogP contribution >= 0.6 is 0 Å². The van der Waals surface area contributed by atoms with Gasteiger partial charge >= 0.3 is 0 Å². The number of aryl methyl sites for hydroxylation is 1. The second kappa shape index (κ2) is 5.98. The Hall–Kier alpha value is -1.70. The molecule has 0 N–H and O–H groups in total. The van der Waals surface area contributed by atoms with Crippen LogP contribution in [0.4, 0.5) is 0 Å². The maximum Gasteiger partial charge on any atom is 0.0612 e. The zero-order chi connectivity index (χ0) is 16.2. The third-order valence-electron chi connectivity index (χ3n) is 4.25. The summed E-state index contributed by atoms with van der Waals surface area (Å²) < 4.78 is 2.23. The quantitative estimate of drug-likeness (QED) is 0.259. The maximum atomic E-state index is 4.93. The van der Waals surface area contributed by atoms with Crippen LogP contribution in [0.15, 0.2) is 42.6 Å². The first-order valence-corrected chi connectivity index (χ1v) is 8.13. The molecular weight excluding hydrogens is 472 g/mol. The van der Waals surface area contributed by atoms with Gasteiger partial charge in [0.2, 0.25) is 0 Å². The van der Waals surface area contributed by atoms with Crippen LogP contribution in [0, 0.1) is 18.4 Å². The van der Waals surface area contributed by atoms with Gasteiger partial charge in [-0.25, -0.2) is 0 Å². The van der Waals surface area contributed by atoms with Crippen LogP contribution < -0.4 is 0 Å². The first-order chi connectivity index (χ1) is 10.9. The predicted octanol–water partition coefficient (Wildman–Crippen LogP) is 5.34. The minimum absolute atomic E-state index is 0. The van der Waals surface area contributed by atoms with E-state index in [0.29, 0.717) is 0 Å². The Labute approximate surface area is 156 Å². The van der Waals surface area contributed by atoms with Gasteiger partial charge in [-0.15, -0.1) is 29.7 Å². The second-order valence-electron chi connectivity index (χ2n) is 7.64. The van der Waals surface area contributed by atoms with Crippen LogP contribution in [0.25, 0.3) is 27.3 Å². The van der Waals surface area contributed by atoms with Gasteiger partial charge in [-0.05, 0) is 30.2 Å². The molecule has 0 saturated carbocycles. The average Bonchev–Trinajstić information content (AvgIpc) is 2.89. The fourth-order valence-electron chi connectivity index (χ4n) is 3.34. The third kappa shape index (κ3) is 2.87. The monoisotopic (exact) mass is 494 g/mol. The van der Waals surface area contributed by atoms with Crippen molar-refractivity contribution in [2.75, 3.05) is 0 Å².